The number of piperidine rings is 1. The molecule has 0 aromatic carbocycles. The molecule has 0 spiro atoms. The molecule has 2 rings (SSSR count). The largest absolute Gasteiger partial charge is 0.351 e. The summed E-state index contributed by atoms with van der Waals surface area (Å²) < 4.78 is 0. The third kappa shape index (κ3) is 3.87. The maximum Gasteiger partial charge on any atom is 0.305 e. The number of aromatic nitrogens is 2. The lowest BCUT2D eigenvalue weighted by Crippen LogP contribution is -2.44. The number of carbonyl (C=O) groups is 1. The second-order valence-electron chi connectivity index (χ2n) is 5.42. The highest BCUT2D eigenvalue weighted by Gasteiger charge is 2.24. The Kier molecular flexibility index (Phi) is 4.66. The Labute approximate surface area is 122 Å². The lowest BCUT2D eigenvalue weighted by atomic mass is 10.0. The summed E-state index contributed by atoms with van der Waals surface area (Å²) in [4.78, 5) is 31.6. The van der Waals surface area contributed by atoms with Crippen LogP contribution in [0.4, 0.5) is 11.6 Å². The van der Waals surface area contributed by atoms with Gasteiger partial charge in [0.15, 0.2) is 0 Å². The van der Waals surface area contributed by atoms with Gasteiger partial charge in [-0.15, -0.1) is 0 Å². The van der Waals surface area contributed by atoms with Crippen LogP contribution in [-0.2, 0) is 4.79 Å². The number of hydrogen-bond acceptors (Lipinski definition) is 6. The van der Waals surface area contributed by atoms with Crippen molar-refractivity contribution in [3.8, 4) is 0 Å². The van der Waals surface area contributed by atoms with Crippen molar-refractivity contribution in [2.24, 2.45) is 5.92 Å². The fourth-order valence-electron chi connectivity index (χ4n) is 2.28. The number of rotatable bonds is 4. The number of hydrogen-bond donors (Lipinski definition) is 1. The van der Waals surface area contributed by atoms with Crippen LogP contribution >= 0.6 is 0 Å². The van der Waals surface area contributed by atoms with Crippen LogP contribution in [0, 0.1) is 16.0 Å². The quantitative estimate of drug-likeness (QED) is 0.666. The van der Waals surface area contributed by atoms with E-state index in [4.69, 9.17) is 0 Å². The summed E-state index contributed by atoms with van der Waals surface area (Å²) in [5.41, 5.74) is -0.127. The first-order valence-corrected chi connectivity index (χ1v) is 6.99. The minimum Gasteiger partial charge on any atom is -0.351 e. The van der Waals surface area contributed by atoms with Gasteiger partial charge < -0.3 is 10.2 Å². The van der Waals surface area contributed by atoms with Gasteiger partial charge in [0.05, 0.1) is 4.92 Å². The molecule has 8 heteroatoms. The smallest absolute Gasteiger partial charge is 0.305 e. The van der Waals surface area contributed by atoms with E-state index in [2.05, 4.69) is 15.3 Å². The summed E-state index contributed by atoms with van der Waals surface area (Å²) in [6.07, 6.45) is 4.01. The highest BCUT2D eigenvalue weighted by Crippen LogP contribution is 2.17. The van der Waals surface area contributed by atoms with E-state index >= 15 is 0 Å². The number of nitro groups is 1. The van der Waals surface area contributed by atoms with Gasteiger partial charge in [-0.3, -0.25) is 14.9 Å². The average Bonchev–Trinajstić information content (AvgIpc) is 2.47. The molecular formula is C13H19N5O3. The molecule has 0 bridgehead atoms. The predicted molar refractivity (Wildman–Crippen MR) is 76.7 cm³/mol. The van der Waals surface area contributed by atoms with E-state index in [0.717, 1.165) is 12.8 Å². The van der Waals surface area contributed by atoms with Crippen LogP contribution in [0.15, 0.2) is 12.4 Å². The van der Waals surface area contributed by atoms with Gasteiger partial charge in [-0.2, -0.15) is 0 Å². The number of amides is 1. The molecule has 0 aliphatic carbocycles. The molecule has 0 saturated carbocycles. The fraction of sp³-hybridized carbons (Fsp3) is 0.615. The average molecular weight is 293 g/mol. The van der Waals surface area contributed by atoms with E-state index in [9.17, 15) is 14.9 Å². The third-order valence-corrected chi connectivity index (χ3v) is 3.48. The zero-order valence-electron chi connectivity index (χ0n) is 12.2. The zero-order chi connectivity index (χ0) is 15.4. The van der Waals surface area contributed by atoms with Gasteiger partial charge in [0.25, 0.3) is 0 Å². The van der Waals surface area contributed by atoms with Gasteiger partial charge in [-0.05, 0) is 12.8 Å². The van der Waals surface area contributed by atoms with Crippen molar-refractivity contribution in [2.75, 3.05) is 18.4 Å². The van der Waals surface area contributed by atoms with Crippen molar-refractivity contribution in [2.45, 2.75) is 32.7 Å². The molecule has 1 amide bonds. The molecule has 21 heavy (non-hydrogen) atoms. The lowest BCUT2D eigenvalue weighted by molar-refractivity contribution is -0.385. The number of nitrogens with zero attached hydrogens (tertiary/aromatic N) is 4. The Hall–Kier alpha value is -2.25. The number of likely N-dealkylation sites (tertiary alicyclic amines) is 1. The molecule has 1 saturated heterocycles. The molecule has 1 aliphatic heterocycles. The Morgan fingerprint density at radius 1 is 1.38 bits per heavy atom. The van der Waals surface area contributed by atoms with Crippen molar-refractivity contribution in [1.82, 2.24) is 14.9 Å². The molecule has 0 unspecified atom stereocenters. The monoisotopic (exact) mass is 293 g/mol. The summed E-state index contributed by atoms with van der Waals surface area (Å²) >= 11 is 0. The molecule has 0 atom stereocenters. The third-order valence-electron chi connectivity index (χ3n) is 3.48. The molecular weight excluding hydrogens is 274 g/mol. The van der Waals surface area contributed by atoms with Crippen molar-refractivity contribution >= 4 is 17.5 Å². The first-order valence-electron chi connectivity index (χ1n) is 6.99. The van der Waals surface area contributed by atoms with Crippen LogP contribution in [0.2, 0.25) is 0 Å². The van der Waals surface area contributed by atoms with E-state index < -0.39 is 4.92 Å². The standard InChI is InChI=1S/C13H19N5O3/c1-9(2)12(19)17-5-3-10(4-6-17)16-13-14-7-11(8-15-13)18(20)21/h7-10H,3-6H2,1-2H3,(H,14,15,16). The summed E-state index contributed by atoms with van der Waals surface area (Å²) in [7, 11) is 0. The van der Waals surface area contributed by atoms with Gasteiger partial charge in [0.2, 0.25) is 11.9 Å². The van der Waals surface area contributed by atoms with Crippen LogP contribution in [0.5, 0.6) is 0 Å². The highest BCUT2D eigenvalue weighted by molar-refractivity contribution is 5.78. The van der Waals surface area contributed by atoms with Crippen molar-refractivity contribution in [1.29, 1.82) is 0 Å². The normalized spacial score (nSPS) is 16.0. The van der Waals surface area contributed by atoms with Crippen LogP contribution in [0.25, 0.3) is 0 Å². The van der Waals surface area contributed by atoms with E-state index in [-0.39, 0.29) is 23.6 Å². The first kappa shape index (κ1) is 15.1. The maximum atomic E-state index is 11.9. The predicted octanol–water partition coefficient (Wildman–Crippen LogP) is 1.44. The van der Waals surface area contributed by atoms with E-state index in [1.54, 1.807) is 0 Å². The minimum atomic E-state index is -0.528. The fourth-order valence-corrected chi connectivity index (χ4v) is 2.28. The van der Waals surface area contributed by atoms with Crippen LogP contribution in [-0.4, -0.2) is 44.8 Å². The molecule has 1 aliphatic rings. The Bertz CT molecular complexity index is 509. The van der Waals surface area contributed by atoms with Crippen LogP contribution < -0.4 is 5.32 Å². The number of nitrogens with one attached hydrogen (secondary N) is 1. The van der Waals surface area contributed by atoms with E-state index in [1.807, 2.05) is 18.7 Å². The van der Waals surface area contributed by atoms with Crippen molar-refractivity contribution in [3.63, 3.8) is 0 Å². The molecule has 114 valence electrons. The molecule has 1 fully saturated rings. The molecule has 0 radical (unpaired) electrons. The molecule has 1 aromatic heterocycles. The topological polar surface area (TPSA) is 101 Å². The van der Waals surface area contributed by atoms with E-state index in [0.29, 0.717) is 19.0 Å². The maximum absolute atomic E-state index is 11.9. The first-order chi connectivity index (χ1) is 9.97. The Morgan fingerprint density at radius 3 is 2.43 bits per heavy atom. The summed E-state index contributed by atoms with van der Waals surface area (Å²) in [6.45, 7) is 5.22. The van der Waals surface area contributed by atoms with Gasteiger partial charge in [-0.25, -0.2) is 9.97 Å². The SMILES string of the molecule is CC(C)C(=O)N1CCC(Nc2ncc([N+](=O)[O-])cn2)CC1. The molecule has 1 N–H and O–H groups in total. The van der Waals surface area contributed by atoms with Crippen LogP contribution in [0.1, 0.15) is 26.7 Å². The minimum absolute atomic E-state index is 0.0208. The summed E-state index contributed by atoms with van der Waals surface area (Å²) in [5, 5.41) is 13.7. The van der Waals surface area contributed by atoms with Crippen molar-refractivity contribution in [3.05, 3.63) is 22.5 Å². The van der Waals surface area contributed by atoms with Gasteiger partial charge in [0.1, 0.15) is 12.4 Å². The van der Waals surface area contributed by atoms with Crippen LogP contribution in [0.3, 0.4) is 0 Å². The molecule has 8 nitrogen and oxygen atoms in total. The summed E-state index contributed by atoms with van der Waals surface area (Å²) in [5.74, 6) is 0.585. The lowest BCUT2D eigenvalue weighted by Gasteiger charge is -2.33. The number of anilines is 1. The van der Waals surface area contributed by atoms with Gasteiger partial charge in [-0.1, -0.05) is 13.8 Å². The van der Waals surface area contributed by atoms with Gasteiger partial charge in [0, 0.05) is 25.0 Å². The molecule has 1 aromatic rings. The summed E-state index contributed by atoms with van der Waals surface area (Å²) in [6, 6.07) is 0.183. The second kappa shape index (κ2) is 6.47. The Morgan fingerprint density at radius 2 is 1.95 bits per heavy atom. The van der Waals surface area contributed by atoms with E-state index in [1.165, 1.54) is 12.4 Å². The van der Waals surface area contributed by atoms with Gasteiger partial charge >= 0.3 is 5.69 Å². The number of carbonyl (C=O) groups excluding carboxylic acids is 1. The Balaban J connectivity index is 1.86. The highest BCUT2D eigenvalue weighted by atomic mass is 16.6. The second-order valence-corrected chi connectivity index (χ2v) is 5.42. The zero-order valence-corrected chi connectivity index (χ0v) is 12.2. The molecule has 2 heterocycles. The van der Waals surface area contributed by atoms with Crippen molar-refractivity contribution < 1.29 is 9.72 Å².